The lowest BCUT2D eigenvalue weighted by atomic mass is 9.77. The maximum Gasteiger partial charge on any atom is 0.410 e. The second kappa shape index (κ2) is 9.07. The number of ether oxygens (including phenoxy) is 1. The maximum absolute atomic E-state index is 12.6. The van der Waals surface area contributed by atoms with E-state index in [0.717, 1.165) is 13.1 Å². The predicted molar refractivity (Wildman–Crippen MR) is 111 cm³/mol. The highest BCUT2D eigenvalue weighted by Crippen LogP contribution is 2.37. The van der Waals surface area contributed by atoms with E-state index in [1.807, 2.05) is 25.7 Å². The summed E-state index contributed by atoms with van der Waals surface area (Å²) in [6.45, 7) is 23.6. The molecular weight excluding hydrogens is 344 g/mol. The molecule has 0 bridgehead atoms. The van der Waals surface area contributed by atoms with Gasteiger partial charge in [0.05, 0.1) is 6.10 Å². The Bertz CT molecular complexity index is 455. The van der Waals surface area contributed by atoms with E-state index in [9.17, 15) is 4.79 Å². The molecule has 0 aromatic rings. The third-order valence-corrected chi connectivity index (χ3v) is 5.43. The molecule has 1 heterocycles. The second-order valence-electron chi connectivity index (χ2n) is 10.3. The van der Waals surface area contributed by atoms with E-state index in [0.29, 0.717) is 24.4 Å². The molecule has 0 aromatic carbocycles. The Morgan fingerprint density at radius 1 is 1.15 bits per heavy atom. The van der Waals surface area contributed by atoms with Crippen LogP contribution in [-0.4, -0.2) is 57.4 Å². The highest BCUT2D eigenvalue weighted by Gasteiger charge is 2.45. The molecule has 1 N–H and O–H groups in total. The van der Waals surface area contributed by atoms with Crippen molar-refractivity contribution in [1.29, 1.82) is 0 Å². The van der Waals surface area contributed by atoms with Gasteiger partial charge in [-0.1, -0.05) is 34.6 Å². The van der Waals surface area contributed by atoms with Gasteiger partial charge in [-0.3, -0.25) is 0 Å². The Labute approximate surface area is 162 Å². The van der Waals surface area contributed by atoms with Gasteiger partial charge < -0.3 is 19.4 Å². The van der Waals surface area contributed by atoms with Gasteiger partial charge in [0.2, 0.25) is 0 Å². The fourth-order valence-corrected chi connectivity index (χ4v) is 4.76. The first-order valence-electron chi connectivity index (χ1n) is 10.1. The molecule has 0 radical (unpaired) electrons. The molecule has 1 aliphatic rings. The maximum atomic E-state index is 12.6. The molecule has 0 aromatic heterocycles. The van der Waals surface area contributed by atoms with Crippen LogP contribution < -0.4 is 5.32 Å². The van der Waals surface area contributed by atoms with Crippen molar-refractivity contribution in [2.45, 2.75) is 86.2 Å². The van der Waals surface area contributed by atoms with Crippen molar-refractivity contribution in [1.82, 2.24) is 10.2 Å². The van der Waals surface area contributed by atoms with Gasteiger partial charge in [0.1, 0.15) is 5.60 Å². The van der Waals surface area contributed by atoms with Crippen LogP contribution in [0.1, 0.15) is 55.4 Å². The summed E-state index contributed by atoms with van der Waals surface area (Å²) in [7, 11) is -1.19. The van der Waals surface area contributed by atoms with Crippen molar-refractivity contribution in [3.63, 3.8) is 0 Å². The number of carbonyl (C=O) groups is 1. The number of nitrogens with one attached hydrogen (secondary N) is 1. The Morgan fingerprint density at radius 3 is 2.15 bits per heavy atom. The van der Waals surface area contributed by atoms with Gasteiger partial charge in [-0.15, -0.1) is 0 Å². The molecule has 0 saturated carbocycles. The van der Waals surface area contributed by atoms with Crippen LogP contribution in [0.15, 0.2) is 0 Å². The predicted octanol–water partition coefficient (Wildman–Crippen LogP) is 3.88. The summed E-state index contributed by atoms with van der Waals surface area (Å²) < 4.78 is 12.1. The fraction of sp³-hybridized carbons (Fsp3) is 0.950. The van der Waals surface area contributed by atoms with Crippen LogP contribution in [-0.2, 0) is 9.16 Å². The first kappa shape index (κ1) is 23.4. The average Bonchev–Trinajstić information content (AvgIpc) is 2.83. The minimum Gasteiger partial charge on any atom is -0.444 e. The molecule has 1 amide bonds. The lowest BCUT2D eigenvalue weighted by Crippen LogP contribution is -2.45. The van der Waals surface area contributed by atoms with Crippen molar-refractivity contribution in [2.24, 2.45) is 17.3 Å². The van der Waals surface area contributed by atoms with Crippen LogP contribution in [0.25, 0.3) is 0 Å². The molecule has 0 aliphatic carbocycles. The smallest absolute Gasteiger partial charge is 0.410 e. The molecular formula is C20H42N2O3Si. The van der Waals surface area contributed by atoms with E-state index >= 15 is 0 Å². The summed E-state index contributed by atoms with van der Waals surface area (Å²) in [4.78, 5) is 14.5. The zero-order valence-corrected chi connectivity index (χ0v) is 19.8. The quantitative estimate of drug-likeness (QED) is 0.704. The zero-order valence-electron chi connectivity index (χ0n) is 18.7. The first-order chi connectivity index (χ1) is 11.7. The number of nitrogens with zero attached hydrogens (tertiary/aromatic N) is 1. The number of amides is 1. The van der Waals surface area contributed by atoms with Crippen molar-refractivity contribution in [2.75, 3.05) is 19.6 Å². The number of likely N-dealkylation sites (tertiary alicyclic amines) is 1. The lowest BCUT2D eigenvalue weighted by molar-refractivity contribution is 0.0142. The molecule has 1 fully saturated rings. The van der Waals surface area contributed by atoms with Gasteiger partial charge in [-0.25, -0.2) is 4.79 Å². The van der Waals surface area contributed by atoms with Gasteiger partial charge >= 0.3 is 6.09 Å². The Morgan fingerprint density at radius 2 is 1.73 bits per heavy atom. The van der Waals surface area contributed by atoms with Gasteiger partial charge in [0, 0.05) is 31.6 Å². The van der Waals surface area contributed by atoms with Crippen LogP contribution in [0, 0.1) is 17.3 Å². The molecule has 0 spiro atoms. The number of carbonyl (C=O) groups excluding carboxylic acids is 1. The van der Waals surface area contributed by atoms with Crippen LogP contribution in [0.5, 0.6) is 0 Å². The SMILES string of the molecule is CC(C)NCC1CN(C(=O)OC(C)(C)C)CC1C(O[SiH](C)C)C(C)(C)C. The standard InChI is InChI=1S/C20H42N2O3Si/c1-14(2)21-11-15-12-22(18(23)24-20(6,7)8)13-16(15)17(19(3,4)5)25-26(9)10/h14-17,21,26H,11-13H2,1-10H3. The van der Waals surface area contributed by atoms with Crippen molar-refractivity contribution < 1.29 is 14.0 Å². The monoisotopic (exact) mass is 386 g/mol. The summed E-state index contributed by atoms with van der Waals surface area (Å²) in [5, 5.41) is 3.56. The lowest BCUT2D eigenvalue weighted by Gasteiger charge is -2.39. The molecule has 1 rings (SSSR count). The van der Waals surface area contributed by atoms with E-state index < -0.39 is 14.6 Å². The van der Waals surface area contributed by atoms with E-state index in [4.69, 9.17) is 9.16 Å². The molecule has 26 heavy (non-hydrogen) atoms. The molecule has 154 valence electrons. The Balaban J connectivity index is 3.00. The summed E-state index contributed by atoms with van der Waals surface area (Å²) >= 11 is 0. The second-order valence-corrected chi connectivity index (χ2v) is 12.7. The molecule has 1 saturated heterocycles. The van der Waals surface area contributed by atoms with E-state index in [-0.39, 0.29) is 17.6 Å². The third-order valence-electron chi connectivity index (χ3n) is 4.59. The highest BCUT2D eigenvalue weighted by molar-refractivity contribution is 6.48. The van der Waals surface area contributed by atoms with Crippen molar-refractivity contribution in [3.05, 3.63) is 0 Å². The van der Waals surface area contributed by atoms with Crippen LogP contribution >= 0.6 is 0 Å². The number of hydrogen-bond acceptors (Lipinski definition) is 4. The molecule has 1 aliphatic heterocycles. The summed E-state index contributed by atoms with van der Waals surface area (Å²) in [5.41, 5.74) is -0.423. The summed E-state index contributed by atoms with van der Waals surface area (Å²) in [6.07, 6.45) is -0.0513. The Kier molecular flexibility index (Phi) is 8.17. The van der Waals surface area contributed by atoms with Crippen LogP contribution in [0.2, 0.25) is 13.1 Å². The first-order valence-corrected chi connectivity index (χ1v) is 12.9. The summed E-state index contributed by atoms with van der Waals surface area (Å²) in [6, 6.07) is 0.430. The molecule has 3 unspecified atom stereocenters. The van der Waals surface area contributed by atoms with Crippen LogP contribution in [0.3, 0.4) is 0 Å². The van der Waals surface area contributed by atoms with Crippen molar-refractivity contribution in [3.8, 4) is 0 Å². The van der Waals surface area contributed by atoms with Crippen LogP contribution in [0.4, 0.5) is 4.79 Å². The number of rotatable bonds is 6. The molecule has 6 heteroatoms. The largest absolute Gasteiger partial charge is 0.444 e. The highest BCUT2D eigenvalue weighted by atomic mass is 28.3. The molecule has 3 atom stereocenters. The van der Waals surface area contributed by atoms with Gasteiger partial charge in [0.15, 0.2) is 9.04 Å². The minimum atomic E-state index is -1.19. The topological polar surface area (TPSA) is 50.8 Å². The third kappa shape index (κ3) is 7.57. The minimum absolute atomic E-state index is 0.0436. The fourth-order valence-electron chi connectivity index (χ4n) is 3.56. The number of hydrogen-bond donors (Lipinski definition) is 1. The molecule has 5 nitrogen and oxygen atoms in total. The normalized spacial score (nSPS) is 23.0. The van der Waals surface area contributed by atoms with E-state index in [2.05, 4.69) is 53.0 Å². The van der Waals surface area contributed by atoms with E-state index in [1.165, 1.54) is 0 Å². The van der Waals surface area contributed by atoms with E-state index in [1.54, 1.807) is 0 Å². The Hall–Kier alpha value is -0.593. The van der Waals surface area contributed by atoms with Gasteiger partial charge in [0.25, 0.3) is 0 Å². The van der Waals surface area contributed by atoms with Gasteiger partial charge in [-0.2, -0.15) is 0 Å². The average molecular weight is 387 g/mol. The summed E-state index contributed by atoms with van der Waals surface area (Å²) in [5.74, 6) is 0.700. The zero-order chi connectivity index (χ0) is 20.3. The van der Waals surface area contributed by atoms with Crippen molar-refractivity contribution >= 4 is 15.1 Å². The van der Waals surface area contributed by atoms with Gasteiger partial charge in [-0.05, 0) is 45.2 Å².